The Hall–Kier alpha value is -1.89. The molecule has 1 N–H and O–H groups in total. The van der Waals surface area contributed by atoms with Gasteiger partial charge in [0.25, 0.3) is 0 Å². The summed E-state index contributed by atoms with van der Waals surface area (Å²) in [6.45, 7) is 9.26. The Labute approximate surface area is 119 Å². The van der Waals surface area contributed by atoms with Crippen LogP contribution in [0.15, 0.2) is 12.2 Å². The van der Waals surface area contributed by atoms with E-state index in [1.165, 1.54) is 0 Å². The number of ether oxygens (including phenoxy) is 2. The van der Waals surface area contributed by atoms with Crippen LogP contribution in [-0.4, -0.2) is 54.9 Å². The Kier molecular flexibility index (Phi) is 5.11. The molecule has 0 aliphatic carbocycles. The summed E-state index contributed by atoms with van der Waals surface area (Å²) in [7, 11) is 1.77. The number of nitrogens with one attached hydrogen (secondary N) is 1. The third-order valence-corrected chi connectivity index (χ3v) is 2.88. The number of nitrogens with zero attached hydrogens (tertiary/aromatic N) is 4. The van der Waals surface area contributed by atoms with Crippen molar-refractivity contribution in [3.63, 3.8) is 0 Å². The first-order chi connectivity index (χ1) is 9.69. The second kappa shape index (κ2) is 7.04. The summed E-state index contributed by atoms with van der Waals surface area (Å²) < 4.78 is 10.9. The zero-order valence-corrected chi connectivity index (χ0v) is 12.1. The Morgan fingerprint density at radius 1 is 1.35 bits per heavy atom. The van der Waals surface area contributed by atoms with E-state index in [1.54, 1.807) is 7.05 Å². The molecular formula is C13H21N5O2. The van der Waals surface area contributed by atoms with Crippen molar-refractivity contribution < 1.29 is 9.47 Å². The minimum Gasteiger partial charge on any atom is -0.463 e. The van der Waals surface area contributed by atoms with Gasteiger partial charge in [-0.1, -0.05) is 5.57 Å². The van der Waals surface area contributed by atoms with Crippen LogP contribution in [-0.2, 0) is 4.74 Å². The van der Waals surface area contributed by atoms with E-state index in [4.69, 9.17) is 9.47 Å². The van der Waals surface area contributed by atoms with Crippen molar-refractivity contribution in [2.45, 2.75) is 13.3 Å². The summed E-state index contributed by atoms with van der Waals surface area (Å²) in [5.74, 6) is 1.13. The summed E-state index contributed by atoms with van der Waals surface area (Å²) in [5.41, 5.74) is 1.07. The zero-order chi connectivity index (χ0) is 14.4. The summed E-state index contributed by atoms with van der Waals surface area (Å²) in [6, 6.07) is 0.340. The number of rotatable bonds is 6. The van der Waals surface area contributed by atoms with Crippen molar-refractivity contribution in [2.24, 2.45) is 0 Å². The molecule has 2 rings (SSSR count). The number of hydrogen-bond donors (Lipinski definition) is 1. The molecule has 1 fully saturated rings. The Morgan fingerprint density at radius 3 is 2.75 bits per heavy atom. The third kappa shape index (κ3) is 4.06. The minimum absolute atomic E-state index is 0.340. The number of morpholine rings is 1. The average molecular weight is 279 g/mol. The minimum atomic E-state index is 0.340. The Balaban J connectivity index is 2.08. The average Bonchev–Trinajstić information content (AvgIpc) is 2.47. The molecule has 0 aromatic carbocycles. The summed E-state index contributed by atoms with van der Waals surface area (Å²) in [4.78, 5) is 15.0. The molecule has 1 aromatic rings. The highest BCUT2D eigenvalue weighted by atomic mass is 16.5. The monoisotopic (exact) mass is 279 g/mol. The van der Waals surface area contributed by atoms with Crippen LogP contribution < -0.4 is 15.0 Å². The molecule has 0 atom stereocenters. The van der Waals surface area contributed by atoms with Crippen LogP contribution in [0.4, 0.5) is 11.9 Å². The predicted molar refractivity (Wildman–Crippen MR) is 77.3 cm³/mol. The lowest BCUT2D eigenvalue weighted by Gasteiger charge is -2.26. The molecule has 0 bridgehead atoms. The third-order valence-electron chi connectivity index (χ3n) is 2.88. The molecule has 1 aliphatic rings. The number of anilines is 2. The van der Waals surface area contributed by atoms with E-state index >= 15 is 0 Å². The second-order valence-corrected chi connectivity index (χ2v) is 4.65. The molecule has 0 unspecified atom stereocenters. The van der Waals surface area contributed by atoms with Crippen LogP contribution in [0.3, 0.4) is 0 Å². The highest BCUT2D eigenvalue weighted by molar-refractivity contribution is 5.38. The highest BCUT2D eigenvalue weighted by Gasteiger charge is 2.16. The summed E-state index contributed by atoms with van der Waals surface area (Å²) in [5, 5.41) is 2.93. The van der Waals surface area contributed by atoms with Gasteiger partial charge in [0.1, 0.15) is 0 Å². The maximum absolute atomic E-state index is 5.57. The molecular weight excluding hydrogens is 258 g/mol. The standard InChI is InChI=1S/C13H21N5O2/c1-10(2)4-7-20-13-16-11(14-3)15-12(17-13)18-5-8-19-9-6-18/h1,4-9H2,2-3H3,(H,14,15,16,17). The van der Waals surface area contributed by atoms with Crippen LogP contribution in [0.25, 0.3) is 0 Å². The van der Waals surface area contributed by atoms with Crippen LogP contribution >= 0.6 is 0 Å². The van der Waals surface area contributed by atoms with Gasteiger partial charge in [-0.3, -0.25) is 0 Å². The van der Waals surface area contributed by atoms with Gasteiger partial charge in [-0.15, -0.1) is 6.58 Å². The van der Waals surface area contributed by atoms with Gasteiger partial charge in [0.05, 0.1) is 19.8 Å². The highest BCUT2D eigenvalue weighted by Crippen LogP contribution is 2.16. The van der Waals surface area contributed by atoms with Gasteiger partial charge in [0.15, 0.2) is 0 Å². The van der Waals surface area contributed by atoms with E-state index in [2.05, 4.69) is 31.7 Å². The molecule has 7 heteroatoms. The maximum Gasteiger partial charge on any atom is 0.323 e. The van der Waals surface area contributed by atoms with Gasteiger partial charge in [-0.05, 0) is 6.92 Å². The summed E-state index contributed by atoms with van der Waals surface area (Å²) in [6.07, 6.45) is 0.785. The topological polar surface area (TPSA) is 72.4 Å². The van der Waals surface area contributed by atoms with Crippen molar-refractivity contribution in [3.8, 4) is 6.01 Å². The van der Waals surface area contributed by atoms with E-state index in [0.717, 1.165) is 25.1 Å². The first-order valence-electron chi connectivity index (χ1n) is 6.72. The van der Waals surface area contributed by atoms with Gasteiger partial charge in [-0.2, -0.15) is 15.0 Å². The van der Waals surface area contributed by atoms with Crippen molar-refractivity contribution in [1.82, 2.24) is 15.0 Å². The van der Waals surface area contributed by atoms with Gasteiger partial charge in [0.2, 0.25) is 11.9 Å². The van der Waals surface area contributed by atoms with Crippen LogP contribution in [0, 0.1) is 0 Å². The SMILES string of the molecule is C=C(C)CCOc1nc(NC)nc(N2CCOCC2)n1. The lowest BCUT2D eigenvalue weighted by atomic mass is 10.3. The molecule has 0 amide bonds. The van der Waals surface area contributed by atoms with Gasteiger partial charge in [-0.25, -0.2) is 0 Å². The van der Waals surface area contributed by atoms with Gasteiger partial charge < -0.3 is 19.7 Å². The van der Waals surface area contributed by atoms with Gasteiger partial charge in [0, 0.05) is 26.6 Å². The van der Waals surface area contributed by atoms with Crippen LogP contribution in [0.5, 0.6) is 6.01 Å². The molecule has 110 valence electrons. The Bertz CT molecular complexity index is 460. The van der Waals surface area contributed by atoms with Crippen LogP contribution in [0.1, 0.15) is 13.3 Å². The van der Waals surface area contributed by atoms with E-state index < -0.39 is 0 Å². The van der Waals surface area contributed by atoms with Crippen molar-refractivity contribution in [1.29, 1.82) is 0 Å². The normalized spacial score (nSPS) is 15.0. The smallest absolute Gasteiger partial charge is 0.323 e. The van der Waals surface area contributed by atoms with Gasteiger partial charge >= 0.3 is 6.01 Å². The van der Waals surface area contributed by atoms with E-state index in [0.29, 0.717) is 37.7 Å². The van der Waals surface area contributed by atoms with Crippen LogP contribution in [0.2, 0.25) is 0 Å². The van der Waals surface area contributed by atoms with E-state index in [9.17, 15) is 0 Å². The van der Waals surface area contributed by atoms with Crippen molar-refractivity contribution >= 4 is 11.9 Å². The largest absolute Gasteiger partial charge is 0.463 e. The molecule has 2 heterocycles. The molecule has 1 aromatic heterocycles. The molecule has 7 nitrogen and oxygen atoms in total. The Morgan fingerprint density at radius 2 is 2.10 bits per heavy atom. The zero-order valence-electron chi connectivity index (χ0n) is 12.1. The molecule has 0 saturated carbocycles. The first-order valence-corrected chi connectivity index (χ1v) is 6.72. The fourth-order valence-corrected chi connectivity index (χ4v) is 1.74. The predicted octanol–water partition coefficient (Wildman–Crippen LogP) is 1.09. The molecule has 0 radical (unpaired) electrons. The maximum atomic E-state index is 5.57. The van der Waals surface area contributed by atoms with E-state index in [1.807, 2.05) is 6.92 Å². The first kappa shape index (κ1) is 14.5. The number of hydrogen-bond acceptors (Lipinski definition) is 7. The quantitative estimate of drug-likeness (QED) is 0.781. The molecule has 20 heavy (non-hydrogen) atoms. The number of aromatic nitrogens is 3. The molecule has 1 saturated heterocycles. The lowest BCUT2D eigenvalue weighted by Crippen LogP contribution is -2.37. The van der Waals surface area contributed by atoms with Crippen molar-refractivity contribution in [2.75, 3.05) is 50.2 Å². The van der Waals surface area contributed by atoms with E-state index in [-0.39, 0.29) is 0 Å². The summed E-state index contributed by atoms with van der Waals surface area (Å²) >= 11 is 0. The lowest BCUT2D eigenvalue weighted by molar-refractivity contribution is 0.122. The molecule has 1 aliphatic heterocycles. The fourth-order valence-electron chi connectivity index (χ4n) is 1.74. The molecule has 0 spiro atoms. The van der Waals surface area contributed by atoms with Crippen molar-refractivity contribution in [3.05, 3.63) is 12.2 Å². The second-order valence-electron chi connectivity index (χ2n) is 4.65. The fraction of sp³-hybridized carbons (Fsp3) is 0.615.